The van der Waals surface area contributed by atoms with E-state index in [4.69, 9.17) is 6.42 Å². The molecule has 0 aliphatic carbocycles. The molecule has 1 rings (SSSR count). The zero-order valence-electron chi connectivity index (χ0n) is 9.51. The Labute approximate surface area is 91.7 Å². The van der Waals surface area contributed by atoms with Crippen LogP contribution in [0.3, 0.4) is 0 Å². The van der Waals surface area contributed by atoms with Crippen LogP contribution in [0.5, 0.6) is 0 Å². The van der Waals surface area contributed by atoms with Gasteiger partial charge in [-0.25, -0.2) is 0 Å². The minimum absolute atomic E-state index is 0.356. The van der Waals surface area contributed by atoms with Gasteiger partial charge in [-0.2, -0.15) is 5.10 Å². The highest BCUT2D eigenvalue weighted by Gasteiger charge is 2.08. The fourth-order valence-corrected chi connectivity index (χ4v) is 1.58. The third kappa shape index (κ3) is 3.77. The predicted molar refractivity (Wildman–Crippen MR) is 62.4 cm³/mol. The number of aromatic nitrogens is 2. The van der Waals surface area contributed by atoms with Crippen molar-refractivity contribution in [2.24, 2.45) is 0 Å². The number of aromatic amines is 1. The first-order chi connectivity index (χ1) is 7.25. The molecule has 0 amide bonds. The molecule has 0 radical (unpaired) electrons. The normalized spacial score (nSPS) is 12.3. The Hall–Kier alpha value is -1.27. The molecule has 1 aromatic heterocycles. The van der Waals surface area contributed by atoms with E-state index < -0.39 is 0 Å². The number of H-pyrrole nitrogens is 1. The van der Waals surface area contributed by atoms with Gasteiger partial charge in [0.05, 0.1) is 6.20 Å². The van der Waals surface area contributed by atoms with Gasteiger partial charge in [-0.15, -0.1) is 12.3 Å². The van der Waals surface area contributed by atoms with Gasteiger partial charge < -0.3 is 5.32 Å². The minimum atomic E-state index is 0.356. The molecule has 1 unspecified atom stereocenters. The van der Waals surface area contributed by atoms with Crippen molar-refractivity contribution in [1.29, 1.82) is 0 Å². The van der Waals surface area contributed by atoms with Crippen LogP contribution in [0, 0.1) is 19.3 Å². The SMILES string of the molecule is C#CCCCCNC(C)c1cn[nH]c1C. The average molecular weight is 205 g/mol. The Morgan fingerprint density at radius 1 is 1.60 bits per heavy atom. The van der Waals surface area contributed by atoms with Crippen LogP contribution in [0.15, 0.2) is 6.20 Å². The zero-order valence-corrected chi connectivity index (χ0v) is 9.51. The number of nitrogens with one attached hydrogen (secondary N) is 2. The lowest BCUT2D eigenvalue weighted by atomic mass is 10.1. The van der Waals surface area contributed by atoms with Crippen LogP contribution in [-0.2, 0) is 0 Å². The lowest BCUT2D eigenvalue weighted by Gasteiger charge is -2.12. The molecule has 3 heteroatoms. The van der Waals surface area contributed by atoms with Crippen molar-refractivity contribution < 1.29 is 0 Å². The van der Waals surface area contributed by atoms with Gasteiger partial charge in [0, 0.05) is 23.7 Å². The highest BCUT2D eigenvalue weighted by Crippen LogP contribution is 2.13. The maximum Gasteiger partial charge on any atom is 0.0537 e. The Morgan fingerprint density at radius 2 is 2.40 bits per heavy atom. The zero-order chi connectivity index (χ0) is 11.1. The molecule has 0 saturated heterocycles. The van der Waals surface area contributed by atoms with E-state index >= 15 is 0 Å². The molecule has 0 aliphatic rings. The summed E-state index contributed by atoms with van der Waals surface area (Å²) >= 11 is 0. The van der Waals surface area contributed by atoms with Gasteiger partial charge in [0.15, 0.2) is 0 Å². The van der Waals surface area contributed by atoms with Crippen LogP contribution in [0.2, 0.25) is 0 Å². The molecule has 0 spiro atoms. The second kappa shape index (κ2) is 6.26. The molecule has 0 aliphatic heterocycles. The van der Waals surface area contributed by atoms with Crippen LogP contribution in [0.1, 0.15) is 43.5 Å². The molecular formula is C12H19N3. The summed E-state index contributed by atoms with van der Waals surface area (Å²) in [6.45, 7) is 5.20. The van der Waals surface area contributed by atoms with Crippen molar-refractivity contribution in [3.8, 4) is 12.3 Å². The molecule has 2 N–H and O–H groups in total. The topological polar surface area (TPSA) is 40.7 Å². The summed E-state index contributed by atoms with van der Waals surface area (Å²) in [6.07, 6.45) is 10.2. The van der Waals surface area contributed by atoms with E-state index in [1.807, 2.05) is 13.1 Å². The van der Waals surface area contributed by atoms with Gasteiger partial charge in [-0.3, -0.25) is 5.10 Å². The van der Waals surface area contributed by atoms with E-state index in [2.05, 4.69) is 28.4 Å². The third-order valence-corrected chi connectivity index (χ3v) is 2.53. The first-order valence-electron chi connectivity index (χ1n) is 5.42. The summed E-state index contributed by atoms with van der Waals surface area (Å²) in [5.74, 6) is 2.65. The van der Waals surface area contributed by atoms with Crippen molar-refractivity contribution in [3.05, 3.63) is 17.5 Å². The van der Waals surface area contributed by atoms with Gasteiger partial charge in [0.2, 0.25) is 0 Å². The van der Waals surface area contributed by atoms with Crippen molar-refractivity contribution in [2.45, 2.75) is 39.2 Å². The fourth-order valence-electron chi connectivity index (χ4n) is 1.58. The number of hydrogen-bond acceptors (Lipinski definition) is 2. The second-order valence-corrected chi connectivity index (χ2v) is 3.79. The number of aryl methyl sites for hydroxylation is 1. The average Bonchev–Trinajstić information content (AvgIpc) is 2.64. The van der Waals surface area contributed by atoms with E-state index in [1.165, 1.54) is 5.56 Å². The smallest absolute Gasteiger partial charge is 0.0537 e. The molecule has 0 bridgehead atoms. The van der Waals surface area contributed by atoms with Crippen LogP contribution in [-0.4, -0.2) is 16.7 Å². The van der Waals surface area contributed by atoms with Gasteiger partial charge >= 0.3 is 0 Å². The Morgan fingerprint density at radius 3 is 3.00 bits per heavy atom. The molecule has 1 aromatic rings. The Balaban J connectivity index is 2.23. The number of terminal acetylenes is 1. The largest absolute Gasteiger partial charge is 0.310 e. The molecular weight excluding hydrogens is 186 g/mol. The fraction of sp³-hybridized carbons (Fsp3) is 0.583. The van der Waals surface area contributed by atoms with E-state index in [0.29, 0.717) is 6.04 Å². The predicted octanol–water partition coefficient (Wildman–Crippen LogP) is 2.17. The molecule has 0 aromatic carbocycles. The molecule has 3 nitrogen and oxygen atoms in total. The van der Waals surface area contributed by atoms with Crippen LogP contribution in [0.4, 0.5) is 0 Å². The number of unbranched alkanes of at least 4 members (excludes halogenated alkanes) is 2. The second-order valence-electron chi connectivity index (χ2n) is 3.79. The highest BCUT2D eigenvalue weighted by molar-refractivity contribution is 5.18. The van der Waals surface area contributed by atoms with Gasteiger partial charge in [0.25, 0.3) is 0 Å². The monoisotopic (exact) mass is 205 g/mol. The molecule has 0 saturated carbocycles. The van der Waals surface area contributed by atoms with Crippen LogP contribution >= 0.6 is 0 Å². The first-order valence-corrected chi connectivity index (χ1v) is 5.42. The number of hydrogen-bond donors (Lipinski definition) is 2. The Bertz CT molecular complexity index is 322. The molecule has 82 valence electrons. The van der Waals surface area contributed by atoms with Crippen molar-refractivity contribution in [1.82, 2.24) is 15.5 Å². The van der Waals surface area contributed by atoms with E-state index in [0.717, 1.165) is 31.5 Å². The molecule has 1 atom stereocenters. The van der Waals surface area contributed by atoms with Crippen molar-refractivity contribution in [3.63, 3.8) is 0 Å². The molecule has 1 heterocycles. The highest BCUT2D eigenvalue weighted by atomic mass is 15.1. The number of nitrogens with zero attached hydrogens (tertiary/aromatic N) is 1. The third-order valence-electron chi connectivity index (χ3n) is 2.53. The minimum Gasteiger partial charge on any atom is -0.310 e. The lowest BCUT2D eigenvalue weighted by Crippen LogP contribution is -2.20. The first kappa shape index (κ1) is 11.8. The summed E-state index contributed by atoms with van der Waals surface area (Å²) in [5.41, 5.74) is 2.38. The van der Waals surface area contributed by atoms with Crippen LogP contribution in [0.25, 0.3) is 0 Å². The summed E-state index contributed by atoms with van der Waals surface area (Å²) < 4.78 is 0. The molecule has 15 heavy (non-hydrogen) atoms. The summed E-state index contributed by atoms with van der Waals surface area (Å²) in [4.78, 5) is 0. The van der Waals surface area contributed by atoms with Gasteiger partial charge in [0.1, 0.15) is 0 Å². The summed E-state index contributed by atoms with van der Waals surface area (Å²) in [5, 5.41) is 10.4. The van der Waals surface area contributed by atoms with E-state index in [9.17, 15) is 0 Å². The lowest BCUT2D eigenvalue weighted by molar-refractivity contribution is 0.548. The van der Waals surface area contributed by atoms with Crippen LogP contribution < -0.4 is 5.32 Å². The number of rotatable bonds is 6. The quantitative estimate of drug-likeness (QED) is 0.552. The maximum atomic E-state index is 5.18. The van der Waals surface area contributed by atoms with Crippen molar-refractivity contribution in [2.75, 3.05) is 6.54 Å². The summed E-state index contributed by atoms with van der Waals surface area (Å²) in [7, 11) is 0. The van der Waals surface area contributed by atoms with E-state index in [-0.39, 0.29) is 0 Å². The van der Waals surface area contributed by atoms with E-state index in [1.54, 1.807) is 0 Å². The maximum absolute atomic E-state index is 5.18. The standard InChI is InChI=1S/C12H19N3/c1-4-5-6-7-8-13-10(2)12-9-14-15-11(12)3/h1,9-10,13H,5-8H2,2-3H3,(H,14,15). The molecule has 0 fully saturated rings. The Kier molecular flexibility index (Phi) is 4.92. The van der Waals surface area contributed by atoms with Gasteiger partial charge in [-0.05, 0) is 33.2 Å². The van der Waals surface area contributed by atoms with Gasteiger partial charge in [-0.1, -0.05) is 0 Å². The van der Waals surface area contributed by atoms with Crippen molar-refractivity contribution >= 4 is 0 Å². The summed E-state index contributed by atoms with van der Waals surface area (Å²) in [6, 6.07) is 0.356.